The summed E-state index contributed by atoms with van der Waals surface area (Å²) in [6, 6.07) is 3.76. The van der Waals surface area contributed by atoms with Gasteiger partial charge in [0.25, 0.3) is 0 Å². The van der Waals surface area contributed by atoms with Crippen molar-refractivity contribution < 1.29 is 4.79 Å². The van der Waals surface area contributed by atoms with Crippen molar-refractivity contribution in [2.24, 2.45) is 0 Å². The Morgan fingerprint density at radius 2 is 2.33 bits per heavy atom. The normalized spacial score (nSPS) is 9.93. The van der Waals surface area contributed by atoms with Crippen LogP contribution >= 0.6 is 0 Å². The molecule has 1 N–H and O–H groups in total. The van der Waals surface area contributed by atoms with E-state index in [9.17, 15) is 4.79 Å². The number of unbranched alkanes of at least 4 members (excludes halogenated alkanes) is 2. The van der Waals surface area contributed by atoms with Crippen LogP contribution < -0.4 is 5.32 Å². The monoisotopic (exact) mass is 206 g/mol. The van der Waals surface area contributed by atoms with Crippen molar-refractivity contribution in [1.82, 2.24) is 10.3 Å². The lowest BCUT2D eigenvalue weighted by molar-refractivity contribution is -0.120. The van der Waals surface area contributed by atoms with Crippen LogP contribution in [0.3, 0.4) is 0 Å². The van der Waals surface area contributed by atoms with E-state index in [-0.39, 0.29) is 5.91 Å². The molecule has 0 bridgehead atoms. The molecule has 0 saturated carbocycles. The highest BCUT2D eigenvalue weighted by Crippen LogP contribution is 1.97. The fraction of sp³-hybridized carbons (Fsp3) is 0.500. The summed E-state index contributed by atoms with van der Waals surface area (Å²) in [5.41, 5.74) is 0.963. The maximum atomic E-state index is 11.4. The fourth-order valence-electron chi connectivity index (χ4n) is 1.35. The number of aromatic nitrogens is 1. The van der Waals surface area contributed by atoms with Gasteiger partial charge in [-0.2, -0.15) is 0 Å². The number of nitrogens with zero attached hydrogens (tertiary/aromatic N) is 1. The lowest BCUT2D eigenvalue weighted by Crippen LogP contribution is -2.26. The minimum Gasteiger partial charge on any atom is -0.356 e. The van der Waals surface area contributed by atoms with Gasteiger partial charge in [-0.3, -0.25) is 9.78 Å². The molecule has 0 aliphatic carbocycles. The molecule has 0 radical (unpaired) electrons. The molecule has 1 heterocycles. The molecule has 0 aromatic carbocycles. The quantitative estimate of drug-likeness (QED) is 0.723. The first kappa shape index (κ1) is 11.7. The van der Waals surface area contributed by atoms with Gasteiger partial charge in [0, 0.05) is 18.9 Å². The molecule has 82 valence electrons. The van der Waals surface area contributed by atoms with Crippen molar-refractivity contribution >= 4 is 5.91 Å². The minimum atomic E-state index is 0.0825. The summed E-state index contributed by atoms with van der Waals surface area (Å²) in [6.07, 6.45) is 7.29. The van der Waals surface area contributed by atoms with E-state index in [1.54, 1.807) is 12.4 Å². The van der Waals surface area contributed by atoms with E-state index in [4.69, 9.17) is 0 Å². The summed E-state index contributed by atoms with van der Waals surface area (Å²) in [6.45, 7) is 2.93. The molecule has 3 heteroatoms. The number of carbonyl (C=O) groups is 1. The molecule has 1 rings (SSSR count). The number of rotatable bonds is 6. The Kier molecular flexibility index (Phi) is 5.44. The predicted octanol–water partition coefficient (Wildman–Crippen LogP) is 1.93. The fourth-order valence-corrected chi connectivity index (χ4v) is 1.35. The van der Waals surface area contributed by atoms with Gasteiger partial charge in [0.2, 0.25) is 5.91 Å². The van der Waals surface area contributed by atoms with Crippen LogP contribution in [0.4, 0.5) is 0 Å². The van der Waals surface area contributed by atoms with Crippen molar-refractivity contribution in [3.8, 4) is 0 Å². The summed E-state index contributed by atoms with van der Waals surface area (Å²) in [4.78, 5) is 15.4. The van der Waals surface area contributed by atoms with E-state index in [1.165, 1.54) is 12.8 Å². The van der Waals surface area contributed by atoms with E-state index in [1.807, 2.05) is 12.1 Å². The van der Waals surface area contributed by atoms with Crippen molar-refractivity contribution in [2.75, 3.05) is 6.54 Å². The molecular formula is C12H18N2O. The zero-order valence-electron chi connectivity index (χ0n) is 9.20. The van der Waals surface area contributed by atoms with Gasteiger partial charge in [0.1, 0.15) is 0 Å². The summed E-state index contributed by atoms with van der Waals surface area (Å²) in [5, 5.41) is 2.90. The number of hydrogen-bond acceptors (Lipinski definition) is 2. The van der Waals surface area contributed by atoms with Gasteiger partial charge in [-0.1, -0.05) is 25.8 Å². The molecule has 0 spiro atoms. The van der Waals surface area contributed by atoms with Gasteiger partial charge in [0.05, 0.1) is 6.42 Å². The van der Waals surface area contributed by atoms with Crippen LogP contribution in [0.1, 0.15) is 31.7 Å². The standard InChI is InChI=1S/C12H18N2O/c1-2-3-4-8-14-12(15)9-11-6-5-7-13-10-11/h5-7,10H,2-4,8-9H2,1H3,(H,14,15). The number of carbonyl (C=O) groups excluding carboxylic acids is 1. The second-order valence-corrected chi connectivity index (χ2v) is 3.60. The summed E-state index contributed by atoms with van der Waals surface area (Å²) < 4.78 is 0. The molecule has 1 aromatic rings. The average molecular weight is 206 g/mol. The summed E-state index contributed by atoms with van der Waals surface area (Å²) in [5.74, 6) is 0.0825. The molecule has 0 aliphatic rings. The maximum absolute atomic E-state index is 11.4. The Bertz CT molecular complexity index is 285. The first-order valence-corrected chi connectivity index (χ1v) is 5.48. The first-order valence-electron chi connectivity index (χ1n) is 5.48. The van der Waals surface area contributed by atoms with Crippen LogP contribution in [0, 0.1) is 0 Å². The number of amides is 1. The number of hydrogen-bond donors (Lipinski definition) is 1. The maximum Gasteiger partial charge on any atom is 0.224 e. The molecule has 0 atom stereocenters. The van der Waals surface area contributed by atoms with Gasteiger partial charge in [-0.05, 0) is 18.1 Å². The van der Waals surface area contributed by atoms with Gasteiger partial charge in [-0.25, -0.2) is 0 Å². The predicted molar refractivity (Wildman–Crippen MR) is 60.5 cm³/mol. The third-order valence-electron chi connectivity index (χ3n) is 2.19. The van der Waals surface area contributed by atoms with Crippen LogP contribution in [0.15, 0.2) is 24.5 Å². The minimum absolute atomic E-state index is 0.0825. The van der Waals surface area contributed by atoms with E-state index in [2.05, 4.69) is 17.2 Å². The van der Waals surface area contributed by atoms with E-state index in [0.29, 0.717) is 6.42 Å². The van der Waals surface area contributed by atoms with E-state index < -0.39 is 0 Å². The Labute approximate surface area is 90.9 Å². The first-order chi connectivity index (χ1) is 7.33. The Hall–Kier alpha value is -1.38. The number of nitrogens with one attached hydrogen (secondary N) is 1. The second-order valence-electron chi connectivity index (χ2n) is 3.60. The lowest BCUT2D eigenvalue weighted by Gasteiger charge is -2.04. The van der Waals surface area contributed by atoms with Crippen molar-refractivity contribution in [1.29, 1.82) is 0 Å². The smallest absolute Gasteiger partial charge is 0.224 e. The second kappa shape index (κ2) is 6.98. The molecule has 0 aliphatic heterocycles. The zero-order valence-corrected chi connectivity index (χ0v) is 9.20. The van der Waals surface area contributed by atoms with Gasteiger partial charge >= 0.3 is 0 Å². The van der Waals surface area contributed by atoms with Gasteiger partial charge in [0.15, 0.2) is 0 Å². The van der Waals surface area contributed by atoms with Crippen molar-refractivity contribution in [2.45, 2.75) is 32.6 Å². The molecule has 0 fully saturated rings. The summed E-state index contributed by atoms with van der Waals surface area (Å²) >= 11 is 0. The van der Waals surface area contributed by atoms with Crippen molar-refractivity contribution in [3.05, 3.63) is 30.1 Å². The lowest BCUT2D eigenvalue weighted by atomic mass is 10.2. The third-order valence-corrected chi connectivity index (χ3v) is 2.19. The average Bonchev–Trinajstić information content (AvgIpc) is 2.26. The summed E-state index contributed by atoms with van der Waals surface area (Å²) in [7, 11) is 0. The van der Waals surface area contributed by atoms with E-state index >= 15 is 0 Å². The van der Waals surface area contributed by atoms with E-state index in [0.717, 1.165) is 18.5 Å². The zero-order chi connectivity index (χ0) is 10.9. The molecule has 1 amide bonds. The largest absolute Gasteiger partial charge is 0.356 e. The number of pyridine rings is 1. The van der Waals surface area contributed by atoms with Crippen LogP contribution in [0.5, 0.6) is 0 Å². The molecule has 15 heavy (non-hydrogen) atoms. The highest BCUT2D eigenvalue weighted by Gasteiger charge is 2.01. The Morgan fingerprint density at radius 1 is 1.47 bits per heavy atom. The Morgan fingerprint density at radius 3 is 3.00 bits per heavy atom. The van der Waals surface area contributed by atoms with Gasteiger partial charge < -0.3 is 5.32 Å². The van der Waals surface area contributed by atoms with Crippen LogP contribution in [-0.4, -0.2) is 17.4 Å². The van der Waals surface area contributed by atoms with Crippen molar-refractivity contribution in [3.63, 3.8) is 0 Å². The highest BCUT2D eigenvalue weighted by molar-refractivity contribution is 5.78. The van der Waals surface area contributed by atoms with Crippen LogP contribution in [-0.2, 0) is 11.2 Å². The van der Waals surface area contributed by atoms with Crippen LogP contribution in [0.2, 0.25) is 0 Å². The molecule has 0 saturated heterocycles. The molecule has 3 nitrogen and oxygen atoms in total. The highest BCUT2D eigenvalue weighted by atomic mass is 16.1. The topological polar surface area (TPSA) is 42.0 Å². The molecular weight excluding hydrogens is 188 g/mol. The third kappa shape index (κ3) is 5.15. The van der Waals surface area contributed by atoms with Crippen LogP contribution in [0.25, 0.3) is 0 Å². The molecule has 1 aromatic heterocycles. The molecule has 0 unspecified atom stereocenters. The SMILES string of the molecule is CCCCCNC(=O)Cc1cccnc1. The van der Waals surface area contributed by atoms with Gasteiger partial charge in [-0.15, -0.1) is 0 Å². The Balaban J connectivity index is 2.19.